The van der Waals surface area contributed by atoms with Crippen molar-refractivity contribution < 1.29 is 19.1 Å². The smallest absolute Gasteiger partial charge is 0.306 e. The Balaban J connectivity index is 3.40. The summed E-state index contributed by atoms with van der Waals surface area (Å²) in [5, 5.41) is 0. The molecule has 0 aliphatic carbocycles. The molecule has 1 unspecified atom stereocenters. The summed E-state index contributed by atoms with van der Waals surface area (Å²) in [4.78, 5) is 24.0. The summed E-state index contributed by atoms with van der Waals surface area (Å²) >= 11 is 0. The molecule has 0 fully saturated rings. The molecule has 231 valence electrons. The third-order valence-corrected chi connectivity index (χ3v) is 7.68. The molecule has 0 aliphatic rings. The van der Waals surface area contributed by atoms with Gasteiger partial charge in [-0.25, -0.2) is 0 Å². The lowest BCUT2D eigenvalue weighted by molar-refractivity contribution is -0.153. The molecule has 0 saturated heterocycles. The standard InChI is InChI=1S/C35H67O4/c1-4-6-8-10-12-14-16-18-20-22-24-26-28-30-34(36)38-32-33(3)39-35(37)31-29-27-25-23-21-19-17-15-13-11-9-7-5-2/h32-33H,4-31H2,1-3H3. The van der Waals surface area contributed by atoms with Gasteiger partial charge < -0.3 is 9.47 Å². The van der Waals surface area contributed by atoms with E-state index < -0.39 is 6.10 Å². The van der Waals surface area contributed by atoms with E-state index in [1.165, 1.54) is 148 Å². The second-order valence-electron chi connectivity index (χ2n) is 11.8. The van der Waals surface area contributed by atoms with Crippen molar-refractivity contribution in [2.45, 2.75) is 207 Å². The summed E-state index contributed by atoms with van der Waals surface area (Å²) in [6.07, 6.45) is 33.9. The Hall–Kier alpha value is -1.06. The molecular weight excluding hydrogens is 484 g/mol. The van der Waals surface area contributed by atoms with Gasteiger partial charge in [0.15, 0.2) is 6.61 Å². The molecule has 0 aliphatic heterocycles. The van der Waals surface area contributed by atoms with E-state index in [0.717, 1.165) is 25.7 Å². The van der Waals surface area contributed by atoms with Crippen LogP contribution >= 0.6 is 0 Å². The van der Waals surface area contributed by atoms with E-state index in [9.17, 15) is 9.59 Å². The highest BCUT2D eigenvalue weighted by Gasteiger charge is 2.13. The first kappa shape index (κ1) is 37.9. The van der Waals surface area contributed by atoms with Gasteiger partial charge in [0.25, 0.3) is 0 Å². The van der Waals surface area contributed by atoms with Crippen molar-refractivity contribution in [2.75, 3.05) is 0 Å². The highest BCUT2D eigenvalue weighted by molar-refractivity contribution is 5.70. The number of carbonyl (C=O) groups excluding carboxylic acids is 2. The van der Waals surface area contributed by atoms with Gasteiger partial charge in [0.05, 0.1) is 0 Å². The molecule has 0 spiro atoms. The second kappa shape index (κ2) is 31.5. The largest absolute Gasteiger partial charge is 0.459 e. The topological polar surface area (TPSA) is 52.6 Å². The van der Waals surface area contributed by atoms with Gasteiger partial charge in [-0.3, -0.25) is 9.59 Å². The van der Waals surface area contributed by atoms with E-state index in [1.54, 1.807) is 6.92 Å². The van der Waals surface area contributed by atoms with Crippen molar-refractivity contribution in [1.82, 2.24) is 0 Å². The van der Waals surface area contributed by atoms with Gasteiger partial charge >= 0.3 is 11.9 Å². The fourth-order valence-corrected chi connectivity index (χ4v) is 5.10. The highest BCUT2D eigenvalue weighted by Crippen LogP contribution is 2.15. The van der Waals surface area contributed by atoms with E-state index >= 15 is 0 Å². The maximum absolute atomic E-state index is 12.0. The number of esters is 2. The predicted octanol–water partition coefficient (Wildman–Crippen LogP) is 11.6. The van der Waals surface area contributed by atoms with E-state index in [2.05, 4.69) is 13.8 Å². The maximum Gasteiger partial charge on any atom is 0.306 e. The SMILES string of the molecule is CCCCCCCCCCCCCCCC(=O)O[CH]C(C)OC(=O)CCCCCCCCCCCCCCC. The molecule has 4 heteroatoms. The molecule has 0 aromatic carbocycles. The van der Waals surface area contributed by atoms with Gasteiger partial charge in [-0.1, -0.05) is 168 Å². The van der Waals surface area contributed by atoms with Crippen LogP contribution < -0.4 is 0 Å². The summed E-state index contributed by atoms with van der Waals surface area (Å²) in [5.74, 6) is -0.424. The van der Waals surface area contributed by atoms with Gasteiger partial charge in [-0.2, -0.15) is 0 Å². The molecule has 1 radical (unpaired) electrons. The molecule has 1 atom stereocenters. The number of carbonyl (C=O) groups is 2. The lowest BCUT2D eigenvalue weighted by Gasteiger charge is -2.13. The molecule has 0 heterocycles. The zero-order chi connectivity index (χ0) is 28.7. The Morgan fingerprint density at radius 3 is 1.08 bits per heavy atom. The van der Waals surface area contributed by atoms with Crippen LogP contribution in [0.4, 0.5) is 0 Å². The quantitative estimate of drug-likeness (QED) is 0.0635. The fourth-order valence-electron chi connectivity index (χ4n) is 5.10. The molecule has 0 rings (SSSR count). The fraction of sp³-hybridized carbons (Fsp3) is 0.914. The van der Waals surface area contributed by atoms with E-state index in [0.29, 0.717) is 12.8 Å². The van der Waals surface area contributed by atoms with Crippen molar-refractivity contribution in [3.63, 3.8) is 0 Å². The minimum absolute atomic E-state index is 0.200. The van der Waals surface area contributed by atoms with Crippen LogP contribution in [0.5, 0.6) is 0 Å². The van der Waals surface area contributed by atoms with Crippen LogP contribution in [0.3, 0.4) is 0 Å². The Bertz CT molecular complexity index is 519. The van der Waals surface area contributed by atoms with Crippen molar-refractivity contribution in [3.05, 3.63) is 6.61 Å². The van der Waals surface area contributed by atoms with Gasteiger partial charge in [0.2, 0.25) is 0 Å². The zero-order valence-corrected chi connectivity index (χ0v) is 26.6. The molecule has 0 aromatic rings. The van der Waals surface area contributed by atoms with Crippen LogP contribution in [-0.2, 0) is 19.1 Å². The van der Waals surface area contributed by atoms with Crippen LogP contribution in [0.1, 0.15) is 201 Å². The lowest BCUT2D eigenvalue weighted by Crippen LogP contribution is -2.18. The van der Waals surface area contributed by atoms with Crippen molar-refractivity contribution in [2.24, 2.45) is 0 Å². The average molecular weight is 552 g/mol. The van der Waals surface area contributed by atoms with Crippen LogP contribution in [0, 0.1) is 6.61 Å². The average Bonchev–Trinajstić information content (AvgIpc) is 2.92. The lowest BCUT2D eigenvalue weighted by atomic mass is 10.0. The molecule has 4 nitrogen and oxygen atoms in total. The van der Waals surface area contributed by atoms with Crippen molar-refractivity contribution in [1.29, 1.82) is 0 Å². The van der Waals surface area contributed by atoms with Crippen LogP contribution in [0.15, 0.2) is 0 Å². The molecule has 0 aromatic heterocycles. The van der Waals surface area contributed by atoms with Gasteiger partial charge in [0, 0.05) is 12.8 Å². The zero-order valence-electron chi connectivity index (χ0n) is 26.6. The van der Waals surface area contributed by atoms with Crippen LogP contribution in [-0.4, -0.2) is 18.0 Å². The number of hydrogen-bond acceptors (Lipinski definition) is 4. The third kappa shape index (κ3) is 31.3. The normalized spacial score (nSPS) is 12.0. The number of hydrogen-bond donors (Lipinski definition) is 0. The molecule has 39 heavy (non-hydrogen) atoms. The Morgan fingerprint density at radius 1 is 0.462 bits per heavy atom. The highest BCUT2D eigenvalue weighted by atomic mass is 16.6. The maximum atomic E-state index is 12.0. The minimum Gasteiger partial charge on any atom is -0.459 e. The first-order chi connectivity index (χ1) is 19.1. The minimum atomic E-state index is -0.491. The van der Waals surface area contributed by atoms with Gasteiger partial charge in [0.1, 0.15) is 6.10 Å². The Kier molecular flexibility index (Phi) is 30.6. The molecule has 0 bridgehead atoms. The number of unbranched alkanes of at least 4 members (excludes halogenated alkanes) is 24. The van der Waals surface area contributed by atoms with Crippen LogP contribution in [0.2, 0.25) is 0 Å². The predicted molar refractivity (Wildman–Crippen MR) is 167 cm³/mol. The monoisotopic (exact) mass is 552 g/mol. The summed E-state index contributed by atoms with van der Waals surface area (Å²) in [6.45, 7) is 7.65. The Morgan fingerprint density at radius 2 is 0.744 bits per heavy atom. The summed E-state index contributed by atoms with van der Waals surface area (Å²) in [6, 6.07) is 0. The summed E-state index contributed by atoms with van der Waals surface area (Å²) in [7, 11) is 0. The van der Waals surface area contributed by atoms with E-state index in [-0.39, 0.29) is 11.9 Å². The Labute approximate surface area is 244 Å². The summed E-state index contributed by atoms with van der Waals surface area (Å²) < 4.78 is 10.6. The first-order valence-corrected chi connectivity index (χ1v) is 17.3. The molecule has 0 amide bonds. The first-order valence-electron chi connectivity index (χ1n) is 17.3. The van der Waals surface area contributed by atoms with Gasteiger partial charge in [-0.15, -0.1) is 0 Å². The number of rotatable bonds is 31. The third-order valence-electron chi connectivity index (χ3n) is 7.68. The molecular formula is C35H67O4. The van der Waals surface area contributed by atoms with Gasteiger partial charge in [-0.05, 0) is 19.8 Å². The summed E-state index contributed by atoms with van der Waals surface area (Å²) in [5.41, 5.74) is 0. The second-order valence-corrected chi connectivity index (χ2v) is 11.8. The van der Waals surface area contributed by atoms with Crippen LogP contribution in [0.25, 0.3) is 0 Å². The number of ether oxygens (including phenoxy) is 2. The van der Waals surface area contributed by atoms with E-state index in [1.807, 2.05) is 0 Å². The molecule has 0 N–H and O–H groups in total. The van der Waals surface area contributed by atoms with E-state index in [4.69, 9.17) is 9.47 Å². The van der Waals surface area contributed by atoms with Crippen molar-refractivity contribution in [3.8, 4) is 0 Å². The van der Waals surface area contributed by atoms with Crippen molar-refractivity contribution >= 4 is 11.9 Å². The molecule has 0 saturated carbocycles.